The molecule has 1 saturated heterocycles. The molecule has 2 fully saturated rings. The average molecular weight is 267 g/mol. The van der Waals surface area contributed by atoms with E-state index in [2.05, 4.69) is 19.2 Å². The highest BCUT2D eigenvalue weighted by Gasteiger charge is 2.35. The Bertz CT molecular complexity index is 340. The van der Waals surface area contributed by atoms with Gasteiger partial charge in [-0.25, -0.2) is 0 Å². The van der Waals surface area contributed by atoms with E-state index in [9.17, 15) is 9.59 Å². The van der Waals surface area contributed by atoms with Crippen LogP contribution in [0.15, 0.2) is 0 Å². The van der Waals surface area contributed by atoms with Gasteiger partial charge in [-0.05, 0) is 43.9 Å². The molecule has 1 saturated carbocycles. The molecule has 0 aromatic carbocycles. The lowest BCUT2D eigenvalue weighted by molar-refractivity contribution is -0.163. The van der Waals surface area contributed by atoms with Crippen LogP contribution in [-0.2, 0) is 14.3 Å². The Labute approximate surface area is 115 Å². The van der Waals surface area contributed by atoms with E-state index in [1.807, 2.05) is 0 Å². The highest BCUT2D eigenvalue weighted by Crippen LogP contribution is 2.33. The Kier molecular flexibility index (Phi) is 4.83. The minimum absolute atomic E-state index is 0.0102. The van der Waals surface area contributed by atoms with Crippen molar-refractivity contribution in [1.29, 1.82) is 0 Å². The molecule has 0 aromatic heterocycles. The van der Waals surface area contributed by atoms with Crippen LogP contribution < -0.4 is 5.32 Å². The maximum Gasteiger partial charge on any atom is 0.318 e. The molecule has 1 aliphatic heterocycles. The number of piperidine rings is 1. The van der Waals surface area contributed by atoms with Crippen molar-refractivity contribution in [2.75, 3.05) is 6.54 Å². The molecule has 108 valence electrons. The Morgan fingerprint density at radius 1 is 1.21 bits per heavy atom. The van der Waals surface area contributed by atoms with E-state index in [4.69, 9.17) is 4.74 Å². The van der Waals surface area contributed by atoms with Gasteiger partial charge >= 0.3 is 5.97 Å². The second-order valence-corrected chi connectivity index (χ2v) is 6.15. The van der Waals surface area contributed by atoms with Gasteiger partial charge in [-0.2, -0.15) is 0 Å². The van der Waals surface area contributed by atoms with Gasteiger partial charge in [0.2, 0.25) is 5.91 Å². The normalized spacial score (nSPS) is 31.9. The maximum absolute atomic E-state index is 12.2. The molecular weight excluding hydrogens is 242 g/mol. The van der Waals surface area contributed by atoms with E-state index in [0.29, 0.717) is 24.8 Å². The topological polar surface area (TPSA) is 55.4 Å². The van der Waals surface area contributed by atoms with Crippen molar-refractivity contribution in [3.63, 3.8) is 0 Å². The van der Waals surface area contributed by atoms with Gasteiger partial charge in [0.15, 0.2) is 0 Å². The predicted octanol–water partition coefficient (Wildman–Crippen LogP) is 2.27. The summed E-state index contributed by atoms with van der Waals surface area (Å²) in [5.41, 5.74) is 0. The number of carbonyl (C=O) groups excluding carboxylic acids is 2. The van der Waals surface area contributed by atoms with Crippen molar-refractivity contribution >= 4 is 11.9 Å². The number of nitrogens with one attached hydrogen (secondary N) is 1. The standard InChI is InChI=1S/C15H25NO3/c1-10(2)11-6-3-4-8-13(11)19-15(18)12-7-5-9-16-14(12)17/h10-13H,3-9H2,1-2H3,(H,16,17)/t11-,12?,13+/m1/s1. The van der Waals surface area contributed by atoms with Crippen LogP contribution in [0.3, 0.4) is 0 Å². The van der Waals surface area contributed by atoms with Gasteiger partial charge in [0.05, 0.1) is 0 Å². The minimum Gasteiger partial charge on any atom is -0.461 e. The smallest absolute Gasteiger partial charge is 0.318 e. The minimum atomic E-state index is -0.580. The van der Waals surface area contributed by atoms with Gasteiger partial charge in [-0.3, -0.25) is 9.59 Å². The molecule has 1 unspecified atom stereocenters. The fraction of sp³-hybridized carbons (Fsp3) is 0.867. The lowest BCUT2D eigenvalue weighted by Gasteiger charge is -2.34. The first-order valence-electron chi connectivity index (χ1n) is 7.58. The van der Waals surface area contributed by atoms with Crippen LogP contribution in [0.1, 0.15) is 52.4 Å². The third-order valence-corrected chi connectivity index (χ3v) is 4.45. The third-order valence-electron chi connectivity index (χ3n) is 4.45. The predicted molar refractivity (Wildman–Crippen MR) is 72.4 cm³/mol. The Hall–Kier alpha value is -1.06. The third kappa shape index (κ3) is 3.48. The largest absolute Gasteiger partial charge is 0.461 e. The second-order valence-electron chi connectivity index (χ2n) is 6.15. The van der Waals surface area contributed by atoms with Gasteiger partial charge in [-0.15, -0.1) is 0 Å². The zero-order valence-electron chi connectivity index (χ0n) is 12.0. The summed E-state index contributed by atoms with van der Waals surface area (Å²) in [7, 11) is 0. The molecule has 1 heterocycles. The molecule has 1 N–H and O–H groups in total. The fourth-order valence-corrected chi connectivity index (χ4v) is 3.26. The molecule has 0 aromatic rings. The van der Waals surface area contributed by atoms with Crippen LogP contribution in [0, 0.1) is 17.8 Å². The first kappa shape index (κ1) is 14.4. The molecule has 4 heteroatoms. The van der Waals surface area contributed by atoms with E-state index < -0.39 is 5.92 Å². The van der Waals surface area contributed by atoms with E-state index >= 15 is 0 Å². The average Bonchev–Trinajstić information content (AvgIpc) is 2.39. The molecule has 1 aliphatic carbocycles. The van der Waals surface area contributed by atoms with Crippen molar-refractivity contribution < 1.29 is 14.3 Å². The first-order valence-corrected chi connectivity index (χ1v) is 7.58. The summed E-state index contributed by atoms with van der Waals surface area (Å²) in [4.78, 5) is 23.8. The van der Waals surface area contributed by atoms with Gasteiger partial charge < -0.3 is 10.1 Å². The molecule has 19 heavy (non-hydrogen) atoms. The number of hydrogen-bond acceptors (Lipinski definition) is 3. The molecule has 2 aliphatic rings. The fourth-order valence-electron chi connectivity index (χ4n) is 3.26. The highest BCUT2D eigenvalue weighted by molar-refractivity contribution is 5.98. The summed E-state index contributed by atoms with van der Waals surface area (Å²) in [6, 6.07) is 0. The van der Waals surface area contributed by atoms with E-state index in [1.165, 1.54) is 6.42 Å². The molecule has 0 bridgehead atoms. The van der Waals surface area contributed by atoms with Crippen LogP contribution >= 0.6 is 0 Å². The van der Waals surface area contributed by atoms with Gasteiger partial charge in [-0.1, -0.05) is 20.3 Å². The van der Waals surface area contributed by atoms with Crippen LogP contribution in [0.4, 0.5) is 0 Å². The number of esters is 1. The lowest BCUT2D eigenvalue weighted by atomic mass is 9.79. The van der Waals surface area contributed by atoms with Crippen molar-refractivity contribution in [3.05, 3.63) is 0 Å². The Morgan fingerprint density at radius 3 is 2.63 bits per heavy atom. The van der Waals surface area contributed by atoms with Crippen LogP contribution in [0.5, 0.6) is 0 Å². The summed E-state index contributed by atoms with van der Waals surface area (Å²) >= 11 is 0. The number of rotatable bonds is 3. The quantitative estimate of drug-likeness (QED) is 0.630. The summed E-state index contributed by atoms with van der Waals surface area (Å²) in [6.07, 6.45) is 5.93. The maximum atomic E-state index is 12.2. The first-order chi connectivity index (χ1) is 9.09. The van der Waals surface area contributed by atoms with E-state index in [1.54, 1.807) is 0 Å². The van der Waals surface area contributed by atoms with Crippen LogP contribution in [0.25, 0.3) is 0 Å². The van der Waals surface area contributed by atoms with Crippen molar-refractivity contribution in [2.45, 2.75) is 58.5 Å². The SMILES string of the molecule is CC(C)[C@H]1CCCC[C@@H]1OC(=O)C1CCCNC1=O. The van der Waals surface area contributed by atoms with Crippen LogP contribution in [0.2, 0.25) is 0 Å². The van der Waals surface area contributed by atoms with E-state index in [-0.39, 0.29) is 18.0 Å². The van der Waals surface area contributed by atoms with Crippen molar-refractivity contribution in [1.82, 2.24) is 5.32 Å². The summed E-state index contributed by atoms with van der Waals surface area (Å²) in [5, 5.41) is 2.74. The summed E-state index contributed by atoms with van der Waals surface area (Å²) < 4.78 is 5.68. The molecule has 1 amide bonds. The monoisotopic (exact) mass is 267 g/mol. The molecule has 4 nitrogen and oxygen atoms in total. The zero-order chi connectivity index (χ0) is 13.8. The lowest BCUT2D eigenvalue weighted by Crippen LogP contribution is -2.43. The van der Waals surface area contributed by atoms with Gasteiger partial charge in [0.1, 0.15) is 12.0 Å². The molecule has 2 rings (SSSR count). The number of carbonyl (C=O) groups is 2. The zero-order valence-corrected chi connectivity index (χ0v) is 12.0. The summed E-state index contributed by atoms with van der Waals surface area (Å²) in [5.74, 6) is -0.0750. The van der Waals surface area contributed by atoms with Crippen molar-refractivity contribution in [2.24, 2.45) is 17.8 Å². The highest BCUT2D eigenvalue weighted by atomic mass is 16.5. The second kappa shape index (κ2) is 6.40. The molecular formula is C15H25NO3. The Balaban J connectivity index is 1.94. The number of hydrogen-bond donors (Lipinski definition) is 1. The Morgan fingerprint density at radius 2 is 1.95 bits per heavy atom. The number of amides is 1. The van der Waals surface area contributed by atoms with Gasteiger partial charge in [0.25, 0.3) is 0 Å². The van der Waals surface area contributed by atoms with E-state index in [0.717, 1.165) is 25.7 Å². The van der Waals surface area contributed by atoms with Crippen LogP contribution in [-0.4, -0.2) is 24.5 Å². The number of ether oxygens (including phenoxy) is 1. The summed E-state index contributed by atoms with van der Waals surface area (Å²) in [6.45, 7) is 5.05. The van der Waals surface area contributed by atoms with Gasteiger partial charge in [0, 0.05) is 6.54 Å². The molecule has 0 spiro atoms. The molecule has 0 radical (unpaired) electrons. The van der Waals surface area contributed by atoms with Crippen molar-refractivity contribution in [3.8, 4) is 0 Å². The molecule has 3 atom stereocenters.